The Morgan fingerprint density at radius 2 is 2.04 bits per heavy atom. The lowest BCUT2D eigenvalue weighted by Gasteiger charge is -2.44. The Bertz CT molecular complexity index is 584. The molecular weight excluding hydrogens is 325 g/mol. The van der Waals surface area contributed by atoms with Crippen molar-refractivity contribution in [3.8, 4) is 0 Å². The number of amides is 1. The Morgan fingerprint density at radius 1 is 1.42 bits per heavy atom. The molecule has 6 heteroatoms. The third-order valence-corrected chi connectivity index (χ3v) is 5.05. The van der Waals surface area contributed by atoms with Gasteiger partial charge in [0.2, 0.25) is 0 Å². The Labute approximate surface area is 149 Å². The molecule has 0 bridgehead atoms. The van der Waals surface area contributed by atoms with Crippen molar-refractivity contribution in [2.24, 2.45) is 0 Å². The molecule has 1 aliphatic heterocycles. The lowest BCUT2D eigenvalue weighted by atomic mass is 9.86. The van der Waals surface area contributed by atoms with Gasteiger partial charge in [-0.05, 0) is 58.5 Å². The van der Waals surface area contributed by atoms with E-state index in [1.165, 1.54) is 12.1 Å². The topological polar surface area (TPSA) is 35.6 Å². The number of halogens is 1. The number of nitrogens with one attached hydrogen (secondary N) is 1. The van der Waals surface area contributed by atoms with Crippen LogP contribution in [0.25, 0.3) is 0 Å². The Balaban J connectivity index is 2.17. The monoisotopic (exact) mass is 353 g/mol. The van der Waals surface area contributed by atoms with E-state index in [2.05, 4.69) is 34.7 Å². The summed E-state index contributed by atoms with van der Waals surface area (Å²) in [6.45, 7) is 6.44. The fourth-order valence-corrected chi connectivity index (χ4v) is 3.63. The summed E-state index contributed by atoms with van der Waals surface area (Å²) in [6.07, 6.45) is 1.71. The zero-order valence-electron chi connectivity index (χ0n) is 15.0. The molecule has 1 fully saturated rings. The number of rotatable bonds is 5. The molecule has 1 unspecified atom stereocenters. The zero-order valence-corrected chi connectivity index (χ0v) is 15.9. The minimum absolute atomic E-state index is 0.193. The number of carbonyl (C=O) groups is 1. The van der Waals surface area contributed by atoms with Gasteiger partial charge in [0.05, 0.1) is 5.54 Å². The smallest absolute Gasteiger partial charge is 0.252 e. The van der Waals surface area contributed by atoms with Crippen LogP contribution in [0, 0.1) is 12.7 Å². The lowest BCUT2D eigenvalue weighted by Crippen LogP contribution is -2.60. The van der Waals surface area contributed by atoms with Crippen LogP contribution in [0.3, 0.4) is 0 Å². The van der Waals surface area contributed by atoms with Crippen LogP contribution < -0.4 is 5.32 Å². The van der Waals surface area contributed by atoms with Crippen LogP contribution in [-0.2, 0) is 0 Å². The van der Waals surface area contributed by atoms with Crippen molar-refractivity contribution in [3.63, 3.8) is 0 Å². The molecule has 1 heterocycles. The van der Waals surface area contributed by atoms with Crippen molar-refractivity contribution in [2.45, 2.75) is 37.6 Å². The average Bonchev–Trinajstić information content (AvgIpc) is 2.49. The van der Waals surface area contributed by atoms with E-state index in [-0.39, 0.29) is 22.6 Å². The van der Waals surface area contributed by atoms with Gasteiger partial charge in [0, 0.05) is 30.6 Å². The number of nitrogens with zero attached hydrogens (tertiary/aromatic N) is 2. The van der Waals surface area contributed by atoms with Gasteiger partial charge in [-0.2, -0.15) is 12.6 Å². The Kier molecular flexibility index (Phi) is 6.28. The van der Waals surface area contributed by atoms with E-state index in [4.69, 9.17) is 0 Å². The molecule has 1 saturated heterocycles. The Hall–Kier alpha value is -1.11. The first-order chi connectivity index (χ1) is 11.2. The maximum atomic E-state index is 13.5. The molecule has 0 spiro atoms. The van der Waals surface area contributed by atoms with Gasteiger partial charge in [0.25, 0.3) is 5.91 Å². The number of aryl methyl sites for hydroxylation is 1. The number of piperidine rings is 1. The van der Waals surface area contributed by atoms with E-state index >= 15 is 0 Å². The summed E-state index contributed by atoms with van der Waals surface area (Å²) < 4.78 is 13.5. The van der Waals surface area contributed by atoms with E-state index in [1.807, 2.05) is 21.0 Å². The molecular formula is C18H28FN3OS. The minimum atomic E-state index is -0.383. The normalized spacial score (nSPS) is 19.3. The standard InChI is InChI=1S/C18H28FN3OS/c1-13-5-6-15(19)11-16(13)17(23)20-18(12-21(3)4)7-9-22(10-8-18)14(2)24/h5-6,11,14,24H,7-10,12H2,1-4H3,(H,20,23). The fraction of sp³-hybridized carbons (Fsp3) is 0.611. The van der Waals surface area contributed by atoms with Gasteiger partial charge in [-0.15, -0.1) is 0 Å². The molecule has 1 amide bonds. The SMILES string of the molecule is Cc1ccc(F)cc1C(=O)NC1(CN(C)C)CCN(C(C)S)CC1. The number of benzene rings is 1. The third kappa shape index (κ3) is 4.71. The number of likely N-dealkylation sites (tertiary alicyclic amines) is 1. The third-order valence-electron chi connectivity index (χ3n) is 4.73. The van der Waals surface area contributed by atoms with Crippen molar-refractivity contribution in [2.75, 3.05) is 33.7 Å². The van der Waals surface area contributed by atoms with E-state index in [9.17, 15) is 9.18 Å². The Morgan fingerprint density at radius 3 is 2.58 bits per heavy atom. The van der Waals surface area contributed by atoms with Crippen molar-refractivity contribution in [1.29, 1.82) is 0 Å². The average molecular weight is 354 g/mol. The van der Waals surface area contributed by atoms with Crippen molar-refractivity contribution in [1.82, 2.24) is 15.1 Å². The molecule has 0 radical (unpaired) electrons. The van der Waals surface area contributed by atoms with Crippen LogP contribution in [0.4, 0.5) is 4.39 Å². The number of hydrogen-bond donors (Lipinski definition) is 2. The first-order valence-corrected chi connectivity index (χ1v) is 8.90. The molecule has 0 saturated carbocycles. The second-order valence-corrected chi connectivity index (χ2v) is 7.85. The van der Waals surface area contributed by atoms with Gasteiger partial charge in [-0.3, -0.25) is 9.69 Å². The maximum Gasteiger partial charge on any atom is 0.252 e. The zero-order chi connectivity index (χ0) is 17.9. The lowest BCUT2D eigenvalue weighted by molar-refractivity contribution is 0.0740. The predicted octanol–water partition coefficient (Wildman–Crippen LogP) is 2.54. The molecule has 1 aromatic carbocycles. The quantitative estimate of drug-likeness (QED) is 0.799. The van der Waals surface area contributed by atoms with Crippen LogP contribution in [0.5, 0.6) is 0 Å². The highest BCUT2D eigenvalue weighted by Crippen LogP contribution is 2.26. The molecule has 134 valence electrons. The van der Waals surface area contributed by atoms with Gasteiger partial charge >= 0.3 is 0 Å². The highest BCUT2D eigenvalue weighted by atomic mass is 32.1. The van der Waals surface area contributed by atoms with Crippen LogP contribution >= 0.6 is 12.6 Å². The van der Waals surface area contributed by atoms with Crippen molar-refractivity contribution >= 4 is 18.5 Å². The molecule has 4 nitrogen and oxygen atoms in total. The number of hydrogen-bond acceptors (Lipinski definition) is 4. The number of carbonyl (C=O) groups excluding carboxylic acids is 1. The summed E-state index contributed by atoms with van der Waals surface area (Å²) in [7, 11) is 4.02. The van der Waals surface area contributed by atoms with E-state index in [0.29, 0.717) is 5.56 Å². The molecule has 24 heavy (non-hydrogen) atoms. The molecule has 1 atom stereocenters. The van der Waals surface area contributed by atoms with Gasteiger partial charge in [0.15, 0.2) is 0 Å². The largest absolute Gasteiger partial charge is 0.345 e. The van der Waals surface area contributed by atoms with E-state index < -0.39 is 0 Å². The summed E-state index contributed by atoms with van der Waals surface area (Å²) in [5.74, 6) is -0.577. The summed E-state index contributed by atoms with van der Waals surface area (Å²) in [6, 6.07) is 4.35. The molecule has 1 N–H and O–H groups in total. The van der Waals surface area contributed by atoms with Gasteiger partial charge in [0.1, 0.15) is 5.82 Å². The van der Waals surface area contributed by atoms with Crippen molar-refractivity contribution in [3.05, 3.63) is 35.1 Å². The molecule has 0 aromatic heterocycles. The van der Waals surface area contributed by atoms with Gasteiger partial charge in [-0.25, -0.2) is 4.39 Å². The molecule has 0 aliphatic carbocycles. The van der Waals surface area contributed by atoms with E-state index in [0.717, 1.165) is 38.0 Å². The molecule has 2 rings (SSSR count). The molecule has 1 aliphatic rings. The van der Waals surface area contributed by atoms with Crippen LogP contribution in [0.1, 0.15) is 35.7 Å². The van der Waals surface area contributed by atoms with Gasteiger partial charge in [-0.1, -0.05) is 6.07 Å². The molecule has 1 aromatic rings. The first kappa shape index (κ1) is 19.2. The second kappa shape index (κ2) is 7.85. The predicted molar refractivity (Wildman–Crippen MR) is 99.1 cm³/mol. The summed E-state index contributed by atoms with van der Waals surface area (Å²) in [5.41, 5.74) is 0.909. The maximum absolute atomic E-state index is 13.5. The van der Waals surface area contributed by atoms with E-state index in [1.54, 1.807) is 6.07 Å². The van der Waals surface area contributed by atoms with Crippen molar-refractivity contribution < 1.29 is 9.18 Å². The fourth-order valence-electron chi connectivity index (χ4n) is 3.40. The van der Waals surface area contributed by atoms with Crippen LogP contribution in [0.15, 0.2) is 18.2 Å². The highest BCUT2D eigenvalue weighted by Gasteiger charge is 2.37. The highest BCUT2D eigenvalue weighted by molar-refractivity contribution is 7.80. The summed E-state index contributed by atoms with van der Waals surface area (Å²) >= 11 is 4.51. The summed E-state index contributed by atoms with van der Waals surface area (Å²) in [4.78, 5) is 17.2. The second-order valence-electron chi connectivity index (χ2n) is 7.10. The summed E-state index contributed by atoms with van der Waals surface area (Å²) in [5, 5.41) is 3.42. The van der Waals surface area contributed by atoms with Gasteiger partial charge < -0.3 is 10.2 Å². The first-order valence-electron chi connectivity index (χ1n) is 8.38. The number of likely N-dealkylation sites (N-methyl/N-ethyl adjacent to an activating group) is 1. The minimum Gasteiger partial charge on any atom is -0.345 e. The number of thiol groups is 1. The van der Waals surface area contributed by atoms with Crippen LogP contribution in [0.2, 0.25) is 0 Å². The van der Waals surface area contributed by atoms with Crippen LogP contribution in [-0.4, -0.2) is 60.3 Å².